The maximum Gasteiger partial charge on any atom is 0.282 e. The summed E-state index contributed by atoms with van der Waals surface area (Å²) < 4.78 is 24.2. The van der Waals surface area contributed by atoms with E-state index in [1.165, 1.54) is 0 Å². The smallest absolute Gasteiger partial charge is 0.282 e. The zero-order valence-corrected chi connectivity index (χ0v) is 7.94. The molecule has 0 saturated heterocycles. The molecule has 0 aliphatic rings. The standard InChI is InChI=1S/C7H6BrF2NO2/c8-1-3-2-11-4(7(9)10)6(13)5(3)12/h2,7,13H,1H2,(H,11,12). The van der Waals surface area contributed by atoms with Crippen molar-refractivity contribution in [1.29, 1.82) is 0 Å². The van der Waals surface area contributed by atoms with Crippen LogP contribution >= 0.6 is 15.9 Å². The van der Waals surface area contributed by atoms with Crippen LogP contribution in [0.4, 0.5) is 8.78 Å². The topological polar surface area (TPSA) is 53.1 Å². The number of aromatic hydroxyl groups is 1. The number of hydrogen-bond donors (Lipinski definition) is 2. The molecule has 0 fully saturated rings. The van der Waals surface area contributed by atoms with Gasteiger partial charge in [0.25, 0.3) is 6.43 Å². The summed E-state index contributed by atoms with van der Waals surface area (Å²) in [5.41, 5.74) is -1.30. The molecular formula is C7H6BrF2NO2. The Kier molecular flexibility index (Phi) is 3.02. The van der Waals surface area contributed by atoms with Crippen LogP contribution in [-0.2, 0) is 5.33 Å². The van der Waals surface area contributed by atoms with Crippen LogP contribution < -0.4 is 5.43 Å². The average Bonchev–Trinajstić information content (AvgIpc) is 2.09. The average molecular weight is 254 g/mol. The van der Waals surface area contributed by atoms with Gasteiger partial charge in [-0.1, -0.05) is 15.9 Å². The Morgan fingerprint density at radius 1 is 1.62 bits per heavy atom. The highest BCUT2D eigenvalue weighted by Gasteiger charge is 2.17. The molecule has 2 N–H and O–H groups in total. The molecule has 0 aliphatic carbocycles. The van der Waals surface area contributed by atoms with E-state index in [0.29, 0.717) is 0 Å². The Labute approximate surface area is 80.5 Å². The quantitative estimate of drug-likeness (QED) is 0.792. The minimum atomic E-state index is -2.88. The molecule has 1 heterocycles. The first-order chi connectivity index (χ1) is 6.07. The van der Waals surface area contributed by atoms with Crippen molar-refractivity contribution in [2.75, 3.05) is 0 Å². The van der Waals surface area contributed by atoms with Crippen LogP contribution in [0.15, 0.2) is 11.0 Å². The van der Waals surface area contributed by atoms with E-state index < -0.39 is 23.3 Å². The largest absolute Gasteiger partial charge is 0.503 e. The molecule has 13 heavy (non-hydrogen) atoms. The molecule has 0 spiro atoms. The lowest BCUT2D eigenvalue weighted by molar-refractivity contribution is 0.141. The highest BCUT2D eigenvalue weighted by molar-refractivity contribution is 9.08. The highest BCUT2D eigenvalue weighted by Crippen LogP contribution is 2.22. The van der Waals surface area contributed by atoms with Gasteiger partial charge < -0.3 is 10.1 Å². The van der Waals surface area contributed by atoms with Crippen molar-refractivity contribution in [1.82, 2.24) is 4.98 Å². The first-order valence-corrected chi connectivity index (χ1v) is 4.47. The molecule has 0 radical (unpaired) electrons. The van der Waals surface area contributed by atoms with Crippen LogP contribution in [0, 0.1) is 0 Å². The summed E-state index contributed by atoms with van der Waals surface area (Å²) in [5.74, 6) is -0.910. The van der Waals surface area contributed by atoms with Gasteiger partial charge in [0.2, 0.25) is 5.43 Å². The van der Waals surface area contributed by atoms with Crippen molar-refractivity contribution < 1.29 is 13.9 Å². The lowest BCUT2D eigenvalue weighted by Gasteiger charge is -2.03. The van der Waals surface area contributed by atoms with E-state index in [4.69, 9.17) is 5.11 Å². The summed E-state index contributed by atoms with van der Waals surface area (Å²) >= 11 is 2.99. The third kappa shape index (κ3) is 1.88. The molecule has 1 aromatic heterocycles. The summed E-state index contributed by atoms with van der Waals surface area (Å²) in [4.78, 5) is 13.3. The maximum absolute atomic E-state index is 12.1. The maximum atomic E-state index is 12.1. The monoisotopic (exact) mass is 253 g/mol. The Hall–Kier alpha value is -0.910. The van der Waals surface area contributed by atoms with Crippen molar-refractivity contribution in [3.63, 3.8) is 0 Å². The van der Waals surface area contributed by atoms with E-state index in [-0.39, 0.29) is 10.9 Å². The fourth-order valence-electron chi connectivity index (χ4n) is 0.839. The first-order valence-electron chi connectivity index (χ1n) is 3.35. The second kappa shape index (κ2) is 3.87. The van der Waals surface area contributed by atoms with Gasteiger partial charge >= 0.3 is 0 Å². The lowest BCUT2D eigenvalue weighted by Crippen LogP contribution is -2.10. The van der Waals surface area contributed by atoms with Gasteiger partial charge in [-0.25, -0.2) is 8.78 Å². The summed E-state index contributed by atoms with van der Waals surface area (Å²) in [6.07, 6.45) is -1.73. The molecule has 0 atom stereocenters. The number of rotatable bonds is 2. The number of pyridine rings is 1. The van der Waals surface area contributed by atoms with Crippen LogP contribution in [0.2, 0.25) is 0 Å². The van der Waals surface area contributed by atoms with Gasteiger partial charge in [0, 0.05) is 17.1 Å². The second-order valence-electron chi connectivity index (χ2n) is 2.34. The normalized spacial score (nSPS) is 10.8. The van der Waals surface area contributed by atoms with Crippen molar-refractivity contribution in [3.05, 3.63) is 27.7 Å². The second-order valence-corrected chi connectivity index (χ2v) is 2.90. The third-order valence-corrected chi connectivity index (χ3v) is 2.13. The van der Waals surface area contributed by atoms with Crippen molar-refractivity contribution >= 4 is 15.9 Å². The SMILES string of the molecule is O=c1c(CBr)c[nH]c(C(F)F)c1O. The lowest BCUT2D eigenvalue weighted by atomic mass is 10.2. The van der Waals surface area contributed by atoms with Gasteiger partial charge in [0.05, 0.1) is 0 Å². The third-order valence-electron chi connectivity index (χ3n) is 1.53. The Morgan fingerprint density at radius 3 is 2.69 bits per heavy atom. The van der Waals surface area contributed by atoms with Crippen molar-refractivity contribution in [3.8, 4) is 5.75 Å². The van der Waals surface area contributed by atoms with E-state index in [9.17, 15) is 13.6 Å². The molecule has 1 rings (SSSR count). The predicted octanol–water partition coefficient (Wildman–Crippen LogP) is 1.91. The summed E-state index contributed by atoms with van der Waals surface area (Å²) in [6, 6.07) is 0. The predicted molar refractivity (Wildman–Crippen MR) is 46.3 cm³/mol. The summed E-state index contributed by atoms with van der Waals surface area (Å²) in [6.45, 7) is 0. The van der Waals surface area contributed by atoms with Gasteiger partial charge in [0.1, 0.15) is 5.69 Å². The van der Waals surface area contributed by atoms with E-state index in [1.54, 1.807) is 0 Å². The van der Waals surface area contributed by atoms with Crippen LogP contribution in [0.5, 0.6) is 5.75 Å². The fourth-order valence-corrected chi connectivity index (χ4v) is 1.26. The highest BCUT2D eigenvalue weighted by atomic mass is 79.9. The van der Waals surface area contributed by atoms with Gasteiger partial charge in [-0.05, 0) is 0 Å². The summed E-state index contributed by atoms with van der Waals surface area (Å²) in [7, 11) is 0. The van der Waals surface area contributed by atoms with Crippen LogP contribution in [0.3, 0.4) is 0 Å². The molecule has 72 valence electrons. The van der Waals surface area contributed by atoms with Gasteiger partial charge in [0.15, 0.2) is 5.75 Å². The zero-order chi connectivity index (χ0) is 10.0. The molecule has 0 saturated carbocycles. The van der Waals surface area contributed by atoms with E-state index >= 15 is 0 Å². The molecule has 0 unspecified atom stereocenters. The Morgan fingerprint density at radius 2 is 2.23 bits per heavy atom. The number of aromatic nitrogens is 1. The molecular weight excluding hydrogens is 248 g/mol. The number of H-pyrrole nitrogens is 1. The van der Waals surface area contributed by atoms with Crippen LogP contribution in [-0.4, -0.2) is 10.1 Å². The van der Waals surface area contributed by atoms with Gasteiger partial charge in [-0.3, -0.25) is 4.79 Å². The molecule has 1 aromatic rings. The minimum absolute atomic E-state index is 0.208. The molecule has 0 aliphatic heterocycles. The van der Waals surface area contributed by atoms with E-state index in [1.807, 2.05) is 0 Å². The number of aromatic amines is 1. The minimum Gasteiger partial charge on any atom is -0.503 e. The Balaban J connectivity index is 3.32. The fraction of sp³-hybridized carbons (Fsp3) is 0.286. The van der Waals surface area contributed by atoms with Crippen molar-refractivity contribution in [2.24, 2.45) is 0 Å². The van der Waals surface area contributed by atoms with Crippen LogP contribution in [0.1, 0.15) is 17.7 Å². The number of nitrogens with one attached hydrogen (secondary N) is 1. The Bertz CT molecular complexity index is 364. The molecule has 0 bridgehead atoms. The van der Waals surface area contributed by atoms with E-state index in [2.05, 4.69) is 20.9 Å². The van der Waals surface area contributed by atoms with E-state index in [0.717, 1.165) is 6.20 Å². The van der Waals surface area contributed by atoms with Gasteiger partial charge in [-0.2, -0.15) is 0 Å². The molecule has 6 heteroatoms. The number of hydrogen-bond acceptors (Lipinski definition) is 2. The van der Waals surface area contributed by atoms with Crippen molar-refractivity contribution in [2.45, 2.75) is 11.8 Å². The molecule has 0 aromatic carbocycles. The summed E-state index contributed by atoms with van der Waals surface area (Å²) in [5, 5.41) is 9.24. The number of alkyl halides is 3. The zero-order valence-electron chi connectivity index (χ0n) is 6.35. The first kappa shape index (κ1) is 10.2. The molecule has 0 amide bonds. The van der Waals surface area contributed by atoms with Gasteiger partial charge in [-0.15, -0.1) is 0 Å². The molecule has 3 nitrogen and oxygen atoms in total. The van der Waals surface area contributed by atoms with Crippen LogP contribution in [0.25, 0.3) is 0 Å². The number of halogens is 3.